The van der Waals surface area contributed by atoms with Crippen molar-refractivity contribution in [3.05, 3.63) is 92.3 Å². The number of thiol groups is 1. The Labute approximate surface area is 193 Å². The zero-order valence-corrected chi connectivity index (χ0v) is 20.8. The molecule has 3 aliphatic rings. The second-order valence-corrected chi connectivity index (χ2v) is 11.6. The van der Waals surface area contributed by atoms with E-state index >= 15 is 0 Å². The summed E-state index contributed by atoms with van der Waals surface area (Å²) in [6, 6.07) is 17.8. The van der Waals surface area contributed by atoms with Gasteiger partial charge in [0.2, 0.25) is 0 Å². The van der Waals surface area contributed by atoms with E-state index < -0.39 is 20.8 Å². The van der Waals surface area contributed by atoms with Crippen LogP contribution in [0.3, 0.4) is 0 Å². The fourth-order valence-electron chi connectivity index (χ4n) is 2.89. The van der Waals surface area contributed by atoms with Gasteiger partial charge < -0.3 is 13.5 Å². The quantitative estimate of drug-likeness (QED) is 0.192. The minimum Gasteiger partial charge on any atom is -0.813 e. The summed E-state index contributed by atoms with van der Waals surface area (Å²) in [6.07, 6.45) is 10.9. The van der Waals surface area contributed by atoms with Gasteiger partial charge in [-0.3, -0.25) is 0 Å². The molecule has 2 aromatic carbocycles. The Kier molecular flexibility index (Phi) is 9.85. The molecule has 5 rings (SSSR count). The first-order valence-electron chi connectivity index (χ1n) is 7.62. The molecule has 1 unspecified atom stereocenters. The monoisotopic (exact) mass is 557 g/mol. The molecule has 1 heterocycles. The van der Waals surface area contributed by atoms with Crippen molar-refractivity contribution in [3.8, 4) is 0 Å². The van der Waals surface area contributed by atoms with Crippen LogP contribution in [-0.4, -0.2) is 0 Å². The number of thioether (sulfide) groups is 1. The summed E-state index contributed by atoms with van der Waals surface area (Å²) in [5.74, 6) is 0. The topological polar surface area (TPSA) is 0 Å². The van der Waals surface area contributed by atoms with Crippen molar-refractivity contribution in [2.75, 3.05) is 0 Å². The van der Waals surface area contributed by atoms with E-state index in [1.54, 1.807) is 0 Å². The van der Waals surface area contributed by atoms with Gasteiger partial charge in [0.1, 0.15) is 0 Å². The molecule has 0 amide bonds. The van der Waals surface area contributed by atoms with E-state index in [9.17, 15) is 0 Å². The van der Waals surface area contributed by atoms with Crippen molar-refractivity contribution in [1.82, 2.24) is 0 Å². The number of hydrogen-bond donors (Lipinski definition) is 0. The third-order valence-electron chi connectivity index (χ3n) is 3.94. The van der Waals surface area contributed by atoms with Crippen molar-refractivity contribution in [2.24, 2.45) is 0 Å². The first-order chi connectivity index (χ1) is 12.2. The molecule has 2 aromatic rings. The molecule has 2 aliphatic carbocycles. The molecule has 134 valence electrons. The summed E-state index contributed by atoms with van der Waals surface area (Å²) in [6.45, 7) is 0. The van der Waals surface area contributed by atoms with Gasteiger partial charge in [0.25, 0.3) is 0 Å². The van der Waals surface area contributed by atoms with Crippen LogP contribution in [-0.2, 0) is 40.8 Å². The molecule has 1 atom stereocenters. The second-order valence-electron chi connectivity index (χ2n) is 5.41. The average molecular weight is 560 g/mol. The average Bonchev–Trinajstić information content (AvgIpc) is 3.29. The third-order valence-corrected chi connectivity index (χ3v) is 5.75. The smallest absolute Gasteiger partial charge is 0.0528 e. The van der Waals surface area contributed by atoms with Gasteiger partial charge in [-0.2, -0.15) is 11.6 Å². The molecule has 6 heteroatoms. The number of halogens is 3. The van der Waals surface area contributed by atoms with E-state index in [1.807, 2.05) is 23.9 Å². The molecular weight excluding hydrogens is 546 g/mol. The van der Waals surface area contributed by atoms with Crippen LogP contribution < -0.4 is 0 Å². The summed E-state index contributed by atoms with van der Waals surface area (Å²) >= 11 is 4.48. The second kappa shape index (κ2) is 11.3. The minimum atomic E-state index is -0.826. The largest absolute Gasteiger partial charge is 0.813 e. The first-order valence-corrected chi connectivity index (χ1v) is 15.6. The van der Waals surface area contributed by atoms with E-state index in [4.69, 9.17) is 17.0 Å². The molecule has 0 N–H and O–H groups in total. The molecular formula is C20H14BrCl2S2Zr-3. The predicted molar refractivity (Wildman–Crippen MR) is 119 cm³/mol. The van der Waals surface area contributed by atoms with Crippen LogP contribution in [0.2, 0.25) is 0 Å². The predicted octanol–water partition coefficient (Wildman–Crippen LogP) is 7.07. The summed E-state index contributed by atoms with van der Waals surface area (Å²) < 4.78 is 1.12. The van der Waals surface area contributed by atoms with Gasteiger partial charge >= 0.3 is 37.9 Å². The Morgan fingerprint density at radius 1 is 1.15 bits per heavy atom. The molecule has 0 saturated carbocycles. The van der Waals surface area contributed by atoms with E-state index in [-0.39, 0.29) is 13.5 Å². The standard InChI is InChI=1S/C11H6BrS.C9H7.2ClH.H2S.Zr/c12-10-6-8-5-7-3-1-2-4-9(7)11(8)13-10;1-2-5-9-7-3-6-8(9)4-1;;;;/h1-5,11H;1-4,7H,6H2;2*1H;1H2;/q2*-1;;;;+2/p-3. The van der Waals surface area contributed by atoms with Crippen LogP contribution in [0.25, 0.3) is 12.2 Å². The Bertz CT molecular complexity index is 849. The van der Waals surface area contributed by atoms with Crippen LogP contribution in [0.4, 0.5) is 0 Å². The Balaban J connectivity index is 0.000000165. The summed E-state index contributed by atoms with van der Waals surface area (Å²) in [5, 5.41) is 0.491. The van der Waals surface area contributed by atoms with E-state index in [2.05, 4.69) is 76.6 Å². The summed E-state index contributed by atoms with van der Waals surface area (Å²) in [7, 11) is 9.87. The summed E-state index contributed by atoms with van der Waals surface area (Å²) in [4.78, 5) is 0. The number of hydrogen-bond acceptors (Lipinski definition) is 2. The Hall–Kier alpha value is 0.303. The number of rotatable bonds is 0. The molecule has 1 aliphatic heterocycles. The van der Waals surface area contributed by atoms with Gasteiger partial charge in [-0.05, 0) is 9.38 Å². The van der Waals surface area contributed by atoms with Gasteiger partial charge in [-0.1, -0.05) is 46.6 Å². The molecule has 0 nitrogen and oxygen atoms in total. The van der Waals surface area contributed by atoms with Crippen LogP contribution in [0.1, 0.15) is 27.5 Å². The van der Waals surface area contributed by atoms with E-state index in [0.29, 0.717) is 5.25 Å². The zero-order valence-electron chi connectivity index (χ0n) is 13.5. The fraction of sp³-hybridized carbons (Fsp3) is 0.100. The number of fused-ring (bicyclic) bond motifs is 4. The Morgan fingerprint density at radius 2 is 1.92 bits per heavy atom. The molecule has 0 saturated heterocycles. The van der Waals surface area contributed by atoms with Gasteiger partial charge in [0.05, 0.1) is 0 Å². The van der Waals surface area contributed by atoms with Crippen LogP contribution >= 0.6 is 44.7 Å². The normalized spacial score (nSPS) is 17.1. The van der Waals surface area contributed by atoms with Crippen molar-refractivity contribution >= 4 is 70.4 Å². The molecule has 26 heavy (non-hydrogen) atoms. The van der Waals surface area contributed by atoms with Crippen molar-refractivity contribution in [1.29, 1.82) is 0 Å². The van der Waals surface area contributed by atoms with Gasteiger partial charge in [0, 0.05) is 5.25 Å². The molecule has 0 bridgehead atoms. The molecule has 0 fully saturated rings. The number of benzene rings is 2. The van der Waals surface area contributed by atoms with Crippen molar-refractivity contribution in [2.45, 2.75) is 11.7 Å². The maximum absolute atomic E-state index is 4.93. The maximum atomic E-state index is 4.93. The van der Waals surface area contributed by atoms with Crippen LogP contribution in [0.5, 0.6) is 0 Å². The SMILES string of the molecule is BrC1=[C-]C2=Cc3ccccc3C2S1.[Cl][Zr][Cl].[SH-].[c-]1cccc2c1C=CC2. The van der Waals surface area contributed by atoms with Crippen molar-refractivity contribution in [3.63, 3.8) is 0 Å². The number of allylic oxidation sites excluding steroid dienone is 2. The van der Waals surface area contributed by atoms with Crippen LogP contribution in [0, 0.1) is 12.1 Å². The van der Waals surface area contributed by atoms with Gasteiger partial charge in [-0.25, -0.2) is 6.08 Å². The minimum absolute atomic E-state index is 0. The molecule has 0 radical (unpaired) electrons. The van der Waals surface area contributed by atoms with Crippen molar-refractivity contribution < 1.29 is 20.8 Å². The summed E-state index contributed by atoms with van der Waals surface area (Å²) in [5.41, 5.74) is 6.74. The fourth-order valence-corrected chi connectivity index (χ4v) is 4.66. The Morgan fingerprint density at radius 3 is 2.69 bits per heavy atom. The van der Waals surface area contributed by atoms with E-state index in [0.717, 1.165) is 10.2 Å². The molecule has 0 spiro atoms. The first kappa shape index (κ1) is 22.6. The third kappa shape index (κ3) is 5.66. The van der Waals surface area contributed by atoms with Gasteiger partial charge in [-0.15, -0.1) is 64.9 Å². The van der Waals surface area contributed by atoms with Gasteiger partial charge in [0.15, 0.2) is 0 Å². The zero-order chi connectivity index (χ0) is 17.6. The maximum Gasteiger partial charge on any atom is -0.0528 e. The van der Waals surface area contributed by atoms with E-state index in [1.165, 1.54) is 27.8 Å². The van der Waals surface area contributed by atoms with Crippen LogP contribution in [0.15, 0.2) is 57.9 Å². The molecule has 0 aromatic heterocycles.